The Bertz CT molecular complexity index is 1620. The van der Waals surface area contributed by atoms with E-state index in [1.807, 2.05) is 77.4 Å². The second-order valence-electron chi connectivity index (χ2n) is 9.33. The van der Waals surface area contributed by atoms with Gasteiger partial charge in [0.2, 0.25) is 5.91 Å². The summed E-state index contributed by atoms with van der Waals surface area (Å²) in [5, 5.41) is 15.2. The molecule has 1 saturated heterocycles. The third-order valence-corrected chi connectivity index (χ3v) is 7.08. The topological polar surface area (TPSA) is 87.5 Å². The van der Waals surface area contributed by atoms with Gasteiger partial charge < -0.3 is 15.3 Å². The standard InChI is InChI=1S/C30H26N4O3/c35-28-23-7-2-1-6-21(23)13-16-24(28)30(37)33-17-5-10-27(33)29(36)31-18-20-11-14-22(15-12-20)34-19-32-25-8-3-4-9-26(25)34/h1-4,6-9,11-16,19,27,35H,5,10,17-18H2,(H,31,36). The van der Waals surface area contributed by atoms with E-state index in [1.54, 1.807) is 23.4 Å². The fourth-order valence-corrected chi connectivity index (χ4v) is 5.11. The van der Waals surface area contributed by atoms with Crippen molar-refractivity contribution >= 4 is 33.6 Å². The molecule has 7 heteroatoms. The van der Waals surface area contributed by atoms with E-state index >= 15 is 0 Å². The molecule has 0 spiro atoms. The summed E-state index contributed by atoms with van der Waals surface area (Å²) in [5.41, 5.74) is 4.15. The molecule has 2 amide bonds. The van der Waals surface area contributed by atoms with Gasteiger partial charge in [-0.15, -0.1) is 0 Å². The summed E-state index contributed by atoms with van der Waals surface area (Å²) in [6.07, 6.45) is 3.14. The molecule has 6 rings (SSSR count). The molecule has 2 N–H and O–H groups in total. The number of aromatic nitrogens is 2. The fraction of sp³-hybridized carbons (Fsp3) is 0.167. The third kappa shape index (κ3) is 4.18. The number of phenols is 1. The highest BCUT2D eigenvalue weighted by molar-refractivity contribution is 6.05. The molecule has 0 radical (unpaired) electrons. The zero-order valence-corrected chi connectivity index (χ0v) is 20.2. The first-order chi connectivity index (χ1) is 18.1. The average Bonchev–Trinajstić information content (AvgIpc) is 3.60. The van der Waals surface area contributed by atoms with Gasteiger partial charge in [0.05, 0.1) is 16.6 Å². The molecule has 0 aliphatic carbocycles. The van der Waals surface area contributed by atoms with Gasteiger partial charge in [-0.2, -0.15) is 0 Å². The Labute approximate surface area is 214 Å². The minimum atomic E-state index is -0.560. The molecular formula is C30H26N4O3. The number of nitrogens with zero attached hydrogens (tertiary/aromatic N) is 3. The summed E-state index contributed by atoms with van der Waals surface area (Å²) in [7, 11) is 0. The number of hydrogen-bond acceptors (Lipinski definition) is 4. The molecule has 1 fully saturated rings. The summed E-state index contributed by atoms with van der Waals surface area (Å²) in [6.45, 7) is 0.848. The molecule has 0 bridgehead atoms. The molecule has 184 valence electrons. The summed E-state index contributed by atoms with van der Waals surface area (Å²) in [5.74, 6) is -0.548. The minimum absolute atomic E-state index is 0.0417. The summed E-state index contributed by atoms with van der Waals surface area (Å²) >= 11 is 0. The van der Waals surface area contributed by atoms with Gasteiger partial charge >= 0.3 is 0 Å². The van der Waals surface area contributed by atoms with Crippen molar-refractivity contribution in [2.45, 2.75) is 25.4 Å². The maximum Gasteiger partial charge on any atom is 0.258 e. The number of benzene rings is 4. The second-order valence-corrected chi connectivity index (χ2v) is 9.33. The number of hydrogen-bond donors (Lipinski definition) is 2. The Morgan fingerprint density at radius 2 is 1.73 bits per heavy atom. The number of amides is 2. The maximum atomic E-state index is 13.3. The van der Waals surface area contributed by atoms with Crippen LogP contribution in [-0.4, -0.2) is 44.0 Å². The number of carbonyl (C=O) groups excluding carboxylic acids is 2. The van der Waals surface area contributed by atoms with Crippen LogP contribution < -0.4 is 5.32 Å². The lowest BCUT2D eigenvalue weighted by molar-refractivity contribution is -0.125. The first-order valence-electron chi connectivity index (χ1n) is 12.4. The molecule has 4 aromatic carbocycles. The normalized spacial score (nSPS) is 15.4. The lowest BCUT2D eigenvalue weighted by atomic mass is 10.0. The van der Waals surface area contributed by atoms with Crippen LogP contribution in [0.4, 0.5) is 0 Å². The van der Waals surface area contributed by atoms with Crippen LogP contribution in [0.25, 0.3) is 27.5 Å². The van der Waals surface area contributed by atoms with Gasteiger partial charge in [0, 0.05) is 24.2 Å². The van der Waals surface area contributed by atoms with Crippen LogP contribution >= 0.6 is 0 Å². The minimum Gasteiger partial charge on any atom is -0.506 e. The molecule has 0 saturated carbocycles. The number of likely N-dealkylation sites (tertiary alicyclic amines) is 1. The van der Waals surface area contributed by atoms with Gasteiger partial charge in [-0.3, -0.25) is 14.2 Å². The van der Waals surface area contributed by atoms with Crippen molar-refractivity contribution in [3.05, 3.63) is 102 Å². The van der Waals surface area contributed by atoms with Crippen LogP contribution in [0.1, 0.15) is 28.8 Å². The van der Waals surface area contributed by atoms with Gasteiger partial charge in [-0.25, -0.2) is 4.98 Å². The van der Waals surface area contributed by atoms with Crippen molar-refractivity contribution in [2.24, 2.45) is 0 Å². The smallest absolute Gasteiger partial charge is 0.258 e. The first kappa shape index (κ1) is 22.8. The number of aromatic hydroxyl groups is 1. The van der Waals surface area contributed by atoms with Gasteiger partial charge in [0.1, 0.15) is 18.1 Å². The summed E-state index contributed by atoms with van der Waals surface area (Å²) < 4.78 is 2.03. The number of nitrogens with one attached hydrogen (secondary N) is 1. The zero-order chi connectivity index (χ0) is 25.4. The van der Waals surface area contributed by atoms with Crippen molar-refractivity contribution in [3.63, 3.8) is 0 Å². The van der Waals surface area contributed by atoms with Crippen LogP contribution in [0.15, 0.2) is 91.3 Å². The molecule has 7 nitrogen and oxygen atoms in total. The number of carbonyl (C=O) groups is 2. The lowest BCUT2D eigenvalue weighted by Crippen LogP contribution is -2.45. The Hall–Kier alpha value is -4.65. The number of fused-ring (bicyclic) bond motifs is 2. The van der Waals surface area contributed by atoms with Gasteiger partial charge in [0.25, 0.3) is 5.91 Å². The van der Waals surface area contributed by atoms with E-state index in [-0.39, 0.29) is 23.1 Å². The zero-order valence-electron chi connectivity index (χ0n) is 20.2. The Balaban J connectivity index is 1.14. The van der Waals surface area contributed by atoms with Crippen LogP contribution in [0.5, 0.6) is 5.75 Å². The van der Waals surface area contributed by atoms with E-state index in [4.69, 9.17) is 0 Å². The highest BCUT2D eigenvalue weighted by Gasteiger charge is 2.35. The third-order valence-electron chi connectivity index (χ3n) is 7.08. The van der Waals surface area contributed by atoms with Crippen molar-refractivity contribution in [1.29, 1.82) is 0 Å². The van der Waals surface area contributed by atoms with E-state index in [1.165, 1.54) is 0 Å². The van der Waals surface area contributed by atoms with Crippen molar-refractivity contribution < 1.29 is 14.7 Å². The van der Waals surface area contributed by atoms with Gasteiger partial charge in [-0.05, 0) is 54.1 Å². The van der Waals surface area contributed by atoms with Gasteiger partial charge in [-0.1, -0.05) is 54.6 Å². The van der Waals surface area contributed by atoms with Crippen molar-refractivity contribution in [2.75, 3.05) is 6.54 Å². The van der Waals surface area contributed by atoms with Crippen LogP contribution in [-0.2, 0) is 11.3 Å². The first-order valence-corrected chi connectivity index (χ1v) is 12.4. The van der Waals surface area contributed by atoms with Crippen molar-refractivity contribution in [3.8, 4) is 11.4 Å². The number of rotatable bonds is 5. The van der Waals surface area contributed by atoms with E-state index in [2.05, 4.69) is 10.3 Å². The summed E-state index contributed by atoms with van der Waals surface area (Å²) in [4.78, 5) is 32.4. The Morgan fingerprint density at radius 3 is 2.59 bits per heavy atom. The fourth-order valence-electron chi connectivity index (χ4n) is 5.11. The molecule has 5 aromatic rings. The average molecular weight is 491 g/mol. The number of phenolic OH excluding ortho intramolecular Hbond substituents is 1. The predicted molar refractivity (Wildman–Crippen MR) is 143 cm³/mol. The SMILES string of the molecule is O=C(NCc1ccc(-n2cnc3ccccc32)cc1)C1CCCN1C(=O)c1ccc2ccccc2c1O. The molecule has 2 heterocycles. The molecule has 1 atom stereocenters. The number of para-hydroxylation sites is 2. The Morgan fingerprint density at radius 1 is 0.946 bits per heavy atom. The van der Waals surface area contributed by atoms with Crippen LogP contribution in [0.3, 0.4) is 0 Å². The predicted octanol–water partition coefficient (Wildman–Crippen LogP) is 4.81. The molecule has 1 aromatic heterocycles. The van der Waals surface area contributed by atoms with E-state index < -0.39 is 6.04 Å². The molecule has 1 aliphatic heterocycles. The monoisotopic (exact) mass is 490 g/mol. The quantitative estimate of drug-likeness (QED) is 0.370. The van der Waals surface area contributed by atoms with Crippen LogP contribution in [0.2, 0.25) is 0 Å². The molecule has 1 aliphatic rings. The van der Waals surface area contributed by atoms with Crippen molar-refractivity contribution in [1.82, 2.24) is 19.8 Å². The second kappa shape index (κ2) is 9.43. The highest BCUT2D eigenvalue weighted by Crippen LogP contribution is 2.31. The lowest BCUT2D eigenvalue weighted by Gasteiger charge is -2.24. The van der Waals surface area contributed by atoms with E-state index in [9.17, 15) is 14.7 Å². The molecule has 37 heavy (non-hydrogen) atoms. The van der Waals surface area contributed by atoms with E-state index in [0.717, 1.165) is 34.1 Å². The Kier molecular flexibility index (Phi) is 5.81. The summed E-state index contributed by atoms with van der Waals surface area (Å²) in [6, 6.07) is 26.2. The number of imidazole rings is 1. The molecular weight excluding hydrogens is 464 g/mol. The largest absolute Gasteiger partial charge is 0.506 e. The highest BCUT2D eigenvalue weighted by atomic mass is 16.3. The van der Waals surface area contributed by atoms with E-state index in [0.29, 0.717) is 24.9 Å². The maximum absolute atomic E-state index is 13.3. The molecule has 1 unspecified atom stereocenters. The van der Waals surface area contributed by atoms with Crippen LogP contribution in [0, 0.1) is 0 Å². The van der Waals surface area contributed by atoms with Gasteiger partial charge in [0.15, 0.2) is 0 Å².